The van der Waals surface area contributed by atoms with Crippen LogP contribution in [0.1, 0.15) is 23.2 Å². The van der Waals surface area contributed by atoms with Crippen molar-refractivity contribution < 1.29 is 19.8 Å². The summed E-state index contributed by atoms with van der Waals surface area (Å²) >= 11 is 0. The van der Waals surface area contributed by atoms with E-state index in [2.05, 4.69) is 9.80 Å². The van der Waals surface area contributed by atoms with E-state index in [0.29, 0.717) is 33.3 Å². The highest BCUT2D eigenvalue weighted by molar-refractivity contribution is 5.76. The molecule has 0 amide bonds. The predicted octanol–water partition coefficient (Wildman–Crippen LogP) is 1.66. The lowest BCUT2D eigenvalue weighted by molar-refractivity contribution is -0.171. The Morgan fingerprint density at radius 1 is 0.621 bits per heavy atom. The highest BCUT2D eigenvalue weighted by Gasteiger charge is 2.40. The van der Waals surface area contributed by atoms with Crippen LogP contribution in [0.2, 0.25) is 0 Å². The van der Waals surface area contributed by atoms with Crippen LogP contribution in [0, 0.1) is 0 Å². The van der Waals surface area contributed by atoms with Crippen LogP contribution < -0.4 is 0 Å². The minimum absolute atomic E-state index is 0.458. The second-order valence-electron chi connectivity index (χ2n) is 7.53. The van der Waals surface area contributed by atoms with Gasteiger partial charge in [-0.3, -0.25) is 29.2 Å². The first-order valence-electron chi connectivity index (χ1n) is 9.51. The molecule has 0 radical (unpaired) electrons. The van der Waals surface area contributed by atoms with Crippen molar-refractivity contribution in [1.29, 1.82) is 0 Å². The average molecular weight is 396 g/mol. The van der Waals surface area contributed by atoms with Gasteiger partial charge in [0.1, 0.15) is 12.1 Å². The fraction of sp³-hybridized carbons (Fsp3) is 0.333. The van der Waals surface area contributed by atoms with Crippen molar-refractivity contribution in [2.75, 3.05) is 33.3 Å². The summed E-state index contributed by atoms with van der Waals surface area (Å²) < 4.78 is 0. The second-order valence-corrected chi connectivity index (χ2v) is 7.53. The molecule has 0 spiro atoms. The number of hydrogen-bond acceptors (Lipinski definition) is 6. The highest BCUT2D eigenvalue weighted by Crippen LogP contribution is 2.29. The Hall–Kier alpha value is -2.78. The summed E-state index contributed by atoms with van der Waals surface area (Å²) in [5.41, 5.74) is 1.49. The quantitative estimate of drug-likeness (QED) is 0.762. The summed E-state index contributed by atoms with van der Waals surface area (Å²) in [7, 11) is 0. The highest BCUT2D eigenvalue weighted by atomic mass is 16.4. The van der Waals surface area contributed by atoms with E-state index in [-0.39, 0.29) is 0 Å². The molecule has 2 heterocycles. The molecule has 2 fully saturated rings. The Kier molecular flexibility index (Phi) is 5.59. The zero-order valence-corrected chi connectivity index (χ0v) is 16.0. The van der Waals surface area contributed by atoms with Crippen molar-refractivity contribution >= 4 is 11.9 Å². The van der Waals surface area contributed by atoms with Crippen LogP contribution in [0.3, 0.4) is 0 Å². The lowest BCUT2D eigenvalue weighted by Crippen LogP contribution is -2.65. The molecule has 2 aliphatic heterocycles. The Morgan fingerprint density at radius 2 is 0.966 bits per heavy atom. The van der Waals surface area contributed by atoms with E-state index < -0.39 is 24.0 Å². The summed E-state index contributed by atoms with van der Waals surface area (Å²) in [6.07, 6.45) is 0. The van der Waals surface area contributed by atoms with Gasteiger partial charge in [0.2, 0.25) is 0 Å². The van der Waals surface area contributed by atoms with Crippen LogP contribution in [-0.4, -0.2) is 75.1 Å². The number of carbonyl (C=O) groups is 2. The normalized spacial score (nSPS) is 24.6. The van der Waals surface area contributed by atoms with E-state index in [1.807, 2.05) is 70.5 Å². The van der Waals surface area contributed by atoms with Gasteiger partial charge in [-0.2, -0.15) is 0 Å². The van der Waals surface area contributed by atoms with E-state index in [4.69, 9.17) is 0 Å². The number of carboxylic acid groups (broad SMARTS) is 2. The number of hydrogen-bond donors (Lipinski definition) is 2. The third kappa shape index (κ3) is 4.15. The van der Waals surface area contributed by atoms with Crippen molar-refractivity contribution in [2.45, 2.75) is 12.1 Å². The predicted molar refractivity (Wildman–Crippen MR) is 105 cm³/mol. The van der Waals surface area contributed by atoms with Gasteiger partial charge in [0.25, 0.3) is 0 Å². The first-order chi connectivity index (χ1) is 14.0. The van der Waals surface area contributed by atoms with Gasteiger partial charge in [0.15, 0.2) is 0 Å². The van der Waals surface area contributed by atoms with Crippen LogP contribution in [0.4, 0.5) is 0 Å². The second kappa shape index (κ2) is 8.30. The van der Waals surface area contributed by atoms with Crippen molar-refractivity contribution in [1.82, 2.24) is 19.6 Å². The Bertz CT molecular complexity index is 780. The van der Waals surface area contributed by atoms with Crippen LogP contribution in [0.5, 0.6) is 0 Å². The topological polar surface area (TPSA) is 87.6 Å². The number of nitrogens with zero attached hydrogens (tertiary/aromatic N) is 4. The maximum absolute atomic E-state index is 12.0. The Labute approximate surface area is 169 Å². The van der Waals surface area contributed by atoms with Crippen molar-refractivity contribution in [3.8, 4) is 0 Å². The molecular formula is C21H24N4O4. The first kappa shape index (κ1) is 19.5. The molecule has 2 aromatic rings. The smallest absolute Gasteiger partial charge is 0.325 e. The fourth-order valence-electron chi connectivity index (χ4n) is 4.28. The van der Waals surface area contributed by atoms with E-state index in [9.17, 15) is 19.8 Å². The minimum Gasteiger partial charge on any atom is -0.480 e. The molecule has 152 valence electrons. The lowest BCUT2D eigenvalue weighted by Gasteiger charge is -2.51. The number of rotatable bonds is 6. The molecule has 2 atom stereocenters. The zero-order valence-electron chi connectivity index (χ0n) is 16.0. The molecule has 8 nitrogen and oxygen atoms in total. The summed E-state index contributed by atoms with van der Waals surface area (Å²) in [4.78, 5) is 32.0. The molecule has 2 unspecified atom stereocenters. The molecule has 0 aliphatic carbocycles. The molecule has 2 aromatic carbocycles. The standard InChI is InChI=1S/C21H24N4O4/c26-20(27)18(16-7-3-1-4-8-16)24-12-22-11-23(13-24)15-25(14-22)19(21(28)29)17-9-5-2-6-10-17/h1-10,18-19H,11-15H2,(H,26,27)(H,28,29). The molecule has 4 rings (SSSR count). The van der Waals surface area contributed by atoms with Gasteiger partial charge < -0.3 is 10.2 Å². The van der Waals surface area contributed by atoms with Gasteiger partial charge in [-0.1, -0.05) is 60.7 Å². The van der Waals surface area contributed by atoms with Gasteiger partial charge in [0, 0.05) is 0 Å². The number of aliphatic carboxylic acids is 2. The van der Waals surface area contributed by atoms with E-state index in [0.717, 1.165) is 11.1 Å². The molecule has 2 bridgehead atoms. The van der Waals surface area contributed by atoms with E-state index >= 15 is 0 Å². The monoisotopic (exact) mass is 396 g/mol. The van der Waals surface area contributed by atoms with Crippen LogP contribution in [0.25, 0.3) is 0 Å². The SMILES string of the molecule is O=C(O)C(c1ccccc1)N1CN2CN(C1)CN(C(C(=O)O)c1ccccc1)C2. The molecule has 29 heavy (non-hydrogen) atoms. The molecule has 2 saturated heterocycles. The third-order valence-electron chi connectivity index (χ3n) is 5.36. The summed E-state index contributed by atoms with van der Waals surface area (Å²) in [5.74, 6) is -1.77. The Morgan fingerprint density at radius 3 is 1.28 bits per heavy atom. The van der Waals surface area contributed by atoms with Crippen LogP contribution in [-0.2, 0) is 9.59 Å². The molecule has 8 heteroatoms. The van der Waals surface area contributed by atoms with E-state index in [1.165, 1.54) is 0 Å². The Balaban J connectivity index is 1.52. The average Bonchev–Trinajstić information content (AvgIpc) is 2.69. The lowest BCUT2D eigenvalue weighted by atomic mass is 10.0. The maximum atomic E-state index is 12.0. The van der Waals surface area contributed by atoms with Crippen molar-refractivity contribution in [3.05, 3.63) is 71.8 Å². The first-order valence-corrected chi connectivity index (χ1v) is 9.51. The third-order valence-corrected chi connectivity index (χ3v) is 5.36. The zero-order chi connectivity index (χ0) is 20.4. The van der Waals surface area contributed by atoms with Gasteiger partial charge in [-0.25, -0.2) is 0 Å². The van der Waals surface area contributed by atoms with Gasteiger partial charge in [-0.05, 0) is 11.1 Å². The molecule has 2 aliphatic rings. The maximum Gasteiger partial charge on any atom is 0.325 e. The van der Waals surface area contributed by atoms with Crippen molar-refractivity contribution in [2.24, 2.45) is 0 Å². The number of benzene rings is 2. The van der Waals surface area contributed by atoms with Crippen LogP contribution in [0.15, 0.2) is 60.7 Å². The summed E-state index contributed by atoms with van der Waals surface area (Å²) in [5, 5.41) is 19.7. The molecule has 0 saturated carbocycles. The summed E-state index contributed by atoms with van der Waals surface area (Å²) in [6, 6.07) is 17.0. The number of carboxylic acids is 2. The van der Waals surface area contributed by atoms with Gasteiger partial charge >= 0.3 is 11.9 Å². The van der Waals surface area contributed by atoms with Gasteiger partial charge in [-0.15, -0.1) is 0 Å². The van der Waals surface area contributed by atoms with Crippen LogP contribution >= 0.6 is 0 Å². The minimum atomic E-state index is -0.886. The van der Waals surface area contributed by atoms with Gasteiger partial charge in [0.05, 0.1) is 33.3 Å². The number of fused-ring (bicyclic) bond motifs is 2. The van der Waals surface area contributed by atoms with E-state index in [1.54, 1.807) is 0 Å². The fourth-order valence-corrected chi connectivity index (χ4v) is 4.28. The largest absolute Gasteiger partial charge is 0.480 e. The molecular weight excluding hydrogens is 372 g/mol. The summed E-state index contributed by atoms with van der Waals surface area (Å²) in [6.45, 7) is 2.52. The molecule has 0 aromatic heterocycles. The van der Waals surface area contributed by atoms with Crippen molar-refractivity contribution in [3.63, 3.8) is 0 Å². The molecule has 2 N–H and O–H groups in total.